The van der Waals surface area contributed by atoms with Crippen LogP contribution in [0.15, 0.2) is 12.7 Å². The summed E-state index contributed by atoms with van der Waals surface area (Å²) in [6, 6.07) is 0. The Labute approximate surface area is 147 Å². The minimum atomic E-state index is -0.653. The molecule has 0 aromatic carbocycles. The third-order valence-corrected chi connectivity index (χ3v) is 5.04. The van der Waals surface area contributed by atoms with Crippen molar-refractivity contribution in [2.45, 2.75) is 19.1 Å². The molecule has 0 saturated carbocycles. The van der Waals surface area contributed by atoms with Crippen LogP contribution < -0.4 is 0 Å². The highest BCUT2D eigenvalue weighted by Crippen LogP contribution is 2.05. The molecule has 2 fully saturated rings. The maximum absolute atomic E-state index is 10.0. The minimum absolute atomic E-state index is 0.625. The summed E-state index contributed by atoms with van der Waals surface area (Å²) in [5.74, 6) is 0. The number of unbranched alkanes of at least 4 members (excludes halogenated alkanes) is 1. The van der Waals surface area contributed by atoms with Gasteiger partial charge in [0.15, 0.2) is 6.29 Å². The lowest BCUT2D eigenvalue weighted by Gasteiger charge is -2.34. The maximum atomic E-state index is 10.0. The number of nitrogens with zero attached hydrogens (tertiary/aromatic N) is 4. The van der Waals surface area contributed by atoms with Crippen LogP contribution >= 0.6 is 0 Å². The van der Waals surface area contributed by atoms with Crippen LogP contribution in [-0.4, -0.2) is 117 Å². The van der Waals surface area contributed by atoms with Gasteiger partial charge in [0.1, 0.15) is 0 Å². The molecule has 2 aliphatic rings. The molecule has 0 radical (unpaired) electrons. The van der Waals surface area contributed by atoms with E-state index in [9.17, 15) is 5.11 Å². The second-order valence-corrected chi connectivity index (χ2v) is 7.07. The Bertz CT molecular complexity index is 340. The zero-order chi connectivity index (χ0) is 17.2. The normalized spacial score (nSPS) is 23.4. The van der Waals surface area contributed by atoms with Gasteiger partial charge in [-0.05, 0) is 26.4 Å². The maximum Gasteiger partial charge on any atom is 0.167 e. The second-order valence-electron chi connectivity index (χ2n) is 7.07. The van der Waals surface area contributed by atoms with E-state index in [4.69, 9.17) is 4.74 Å². The fourth-order valence-electron chi connectivity index (χ4n) is 3.34. The van der Waals surface area contributed by atoms with Crippen LogP contribution in [0.2, 0.25) is 0 Å². The lowest BCUT2D eigenvalue weighted by Crippen LogP contribution is -2.48. The van der Waals surface area contributed by atoms with Crippen molar-refractivity contribution in [3.05, 3.63) is 12.7 Å². The highest BCUT2D eigenvalue weighted by molar-refractivity contribution is 4.78. The standard InChI is InChI=1S/C18H36N4O2/c1-3-6-20-12-14-22(15-13-20)17-18(23)24-16-5-4-7-21-10-8-19(2)9-11-21/h3,18,23H,1,4-17H2,2H3. The number of β-amino-alcohol motifs (C(OH)–C–C–N with tert-alkyl or cyclic N) is 1. The molecule has 2 rings (SSSR count). The number of likely N-dealkylation sites (N-methyl/N-ethyl adjacent to an activating group) is 1. The van der Waals surface area contributed by atoms with Gasteiger partial charge in [0.25, 0.3) is 0 Å². The number of aliphatic hydroxyl groups excluding tert-OH is 1. The molecule has 0 spiro atoms. The molecule has 1 atom stereocenters. The first-order valence-corrected chi connectivity index (χ1v) is 9.43. The Morgan fingerprint density at radius 2 is 1.58 bits per heavy atom. The molecule has 2 heterocycles. The fraction of sp³-hybridized carbons (Fsp3) is 0.889. The number of ether oxygens (including phenoxy) is 1. The van der Waals surface area contributed by atoms with Crippen molar-refractivity contribution in [3.63, 3.8) is 0 Å². The molecule has 24 heavy (non-hydrogen) atoms. The van der Waals surface area contributed by atoms with Crippen LogP contribution in [0.1, 0.15) is 12.8 Å². The number of aliphatic hydroxyl groups is 1. The van der Waals surface area contributed by atoms with Gasteiger partial charge in [0, 0.05) is 72.1 Å². The summed E-state index contributed by atoms with van der Waals surface area (Å²) in [7, 11) is 2.19. The predicted octanol–water partition coefficient (Wildman–Crippen LogP) is 0.153. The largest absolute Gasteiger partial charge is 0.367 e. The van der Waals surface area contributed by atoms with E-state index in [1.54, 1.807) is 0 Å². The van der Waals surface area contributed by atoms with Crippen LogP contribution in [0, 0.1) is 0 Å². The number of piperazine rings is 2. The lowest BCUT2D eigenvalue weighted by molar-refractivity contribution is -0.117. The summed E-state index contributed by atoms with van der Waals surface area (Å²) in [6.45, 7) is 16.0. The van der Waals surface area contributed by atoms with Crippen LogP contribution in [-0.2, 0) is 4.74 Å². The van der Waals surface area contributed by atoms with Gasteiger partial charge in [-0.25, -0.2) is 0 Å². The molecule has 0 aliphatic carbocycles. The van der Waals surface area contributed by atoms with Crippen LogP contribution in [0.3, 0.4) is 0 Å². The molecule has 140 valence electrons. The summed E-state index contributed by atoms with van der Waals surface area (Å²) in [5.41, 5.74) is 0. The van der Waals surface area contributed by atoms with Crippen molar-refractivity contribution in [1.29, 1.82) is 0 Å². The van der Waals surface area contributed by atoms with Crippen LogP contribution in [0.25, 0.3) is 0 Å². The Morgan fingerprint density at radius 3 is 2.25 bits per heavy atom. The second kappa shape index (κ2) is 11.2. The summed E-state index contributed by atoms with van der Waals surface area (Å²) in [5, 5.41) is 10.0. The van der Waals surface area contributed by atoms with Gasteiger partial charge in [0.2, 0.25) is 0 Å². The highest BCUT2D eigenvalue weighted by Gasteiger charge is 2.18. The van der Waals surface area contributed by atoms with Crippen molar-refractivity contribution < 1.29 is 9.84 Å². The Morgan fingerprint density at radius 1 is 0.958 bits per heavy atom. The van der Waals surface area contributed by atoms with E-state index in [1.807, 2.05) is 6.08 Å². The topological polar surface area (TPSA) is 42.4 Å². The lowest BCUT2D eigenvalue weighted by atomic mass is 10.2. The van der Waals surface area contributed by atoms with Gasteiger partial charge in [0.05, 0.1) is 0 Å². The van der Waals surface area contributed by atoms with Gasteiger partial charge >= 0.3 is 0 Å². The summed E-state index contributed by atoms with van der Waals surface area (Å²) in [4.78, 5) is 9.58. The molecule has 2 aliphatic heterocycles. The van der Waals surface area contributed by atoms with Gasteiger partial charge in [-0.1, -0.05) is 6.08 Å². The number of hydrogen-bond acceptors (Lipinski definition) is 6. The summed E-state index contributed by atoms with van der Waals surface area (Å²) < 4.78 is 5.58. The van der Waals surface area contributed by atoms with Crippen molar-refractivity contribution in [1.82, 2.24) is 19.6 Å². The average molecular weight is 341 g/mol. The molecule has 6 heteroatoms. The molecule has 1 N–H and O–H groups in total. The fourth-order valence-corrected chi connectivity index (χ4v) is 3.34. The van der Waals surface area contributed by atoms with Crippen LogP contribution in [0.5, 0.6) is 0 Å². The minimum Gasteiger partial charge on any atom is -0.367 e. The molecule has 0 bridgehead atoms. The smallest absolute Gasteiger partial charge is 0.167 e. The zero-order valence-corrected chi connectivity index (χ0v) is 15.4. The Kier molecular flexibility index (Phi) is 9.23. The highest BCUT2D eigenvalue weighted by atomic mass is 16.6. The van der Waals surface area contributed by atoms with Crippen molar-refractivity contribution in [3.8, 4) is 0 Å². The van der Waals surface area contributed by atoms with Gasteiger partial charge in [-0.3, -0.25) is 9.80 Å². The molecule has 0 aromatic rings. The molecule has 1 unspecified atom stereocenters. The predicted molar refractivity (Wildman–Crippen MR) is 98.2 cm³/mol. The van der Waals surface area contributed by atoms with Crippen LogP contribution in [0.4, 0.5) is 0 Å². The summed E-state index contributed by atoms with van der Waals surface area (Å²) >= 11 is 0. The van der Waals surface area contributed by atoms with E-state index in [-0.39, 0.29) is 0 Å². The van der Waals surface area contributed by atoms with E-state index in [2.05, 4.69) is 33.2 Å². The first-order valence-electron chi connectivity index (χ1n) is 9.43. The molecular weight excluding hydrogens is 304 g/mol. The van der Waals surface area contributed by atoms with Gasteiger partial charge in [-0.2, -0.15) is 0 Å². The molecule has 0 aromatic heterocycles. The Hall–Kier alpha value is -0.500. The molecule has 0 amide bonds. The first kappa shape index (κ1) is 19.8. The van der Waals surface area contributed by atoms with Gasteiger partial charge in [-0.15, -0.1) is 6.58 Å². The van der Waals surface area contributed by atoms with Gasteiger partial charge < -0.3 is 19.6 Å². The van der Waals surface area contributed by atoms with Crippen molar-refractivity contribution in [2.24, 2.45) is 0 Å². The Balaban J connectivity index is 1.45. The molecular formula is C18H36N4O2. The van der Waals surface area contributed by atoms with E-state index >= 15 is 0 Å². The van der Waals surface area contributed by atoms with E-state index in [1.165, 1.54) is 26.2 Å². The number of hydrogen-bond donors (Lipinski definition) is 1. The average Bonchev–Trinajstić information content (AvgIpc) is 2.58. The van der Waals surface area contributed by atoms with E-state index in [0.717, 1.165) is 52.1 Å². The monoisotopic (exact) mass is 340 g/mol. The number of rotatable bonds is 10. The molecule has 6 nitrogen and oxygen atoms in total. The van der Waals surface area contributed by atoms with Crippen molar-refractivity contribution in [2.75, 3.05) is 85.6 Å². The van der Waals surface area contributed by atoms with E-state index in [0.29, 0.717) is 13.2 Å². The zero-order valence-electron chi connectivity index (χ0n) is 15.4. The quantitative estimate of drug-likeness (QED) is 0.347. The SMILES string of the molecule is C=CCN1CCN(CC(O)OCCCCN2CCN(C)CC2)CC1. The van der Waals surface area contributed by atoms with E-state index < -0.39 is 6.29 Å². The third-order valence-electron chi connectivity index (χ3n) is 5.04. The third kappa shape index (κ3) is 7.59. The first-order chi connectivity index (χ1) is 11.7. The van der Waals surface area contributed by atoms with Crippen molar-refractivity contribution >= 4 is 0 Å². The summed E-state index contributed by atoms with van der Waals surface area (Å²) in [6.07, 6.45) is 3.47. The molecule has 2 saturated heterocycles.